The maximum atomic E-state index is 13.5. The maximum absolute atomic E-state index is 13.5. The molecule has 178 valence electrons. The summed E-state index contributed by atoms with van der Waals surface area (Å²) in [5.41, 5.74) is 2.65. The average molecular weight is 488 g/mol. The van der Waals surface area contributed by atoms with Gasteiger partial charge in [0.1, 0.15) is 18.1 Å². The van der Waals surface area contributed by atoms with Crippen LogP contribution in [0.5, 0.6) is 17.2 Å². The molecule has 0 unspecified atom stereocenters. The number of carbonyl (C=O) groups is 1. The van der Waals surface area contributed by atoms with E-state index in [0.29, 0.717) is 11.3 Å². The number of aromatic hydroxyl groups is 1. The topological polar surface area (TPSA) is 118 Å². The van der Waals surface area contributed by atoms with Crippen LogP contribution in [0.1, 0.15) is 5.56 Å². The van der Waals surface area contributed by atoms with E-state index >= 15 is 0 Å². The van der Waals surface area contributed by atoms with Crippen molar-refractivity contribution in [2.75, 3.05) is 25.1 Å². The highest BCUT2D eigenvalue weighted by molar-refractivity contribution is 7.92. The highest BCUT2D eigenvalue weighted by Gasteiger charge is 2.28. The second-order valence-electron chi connectivity index (χ2n) is 6.86. The molecule has 0 spiro atoms. The summed E-state index contributed by atoms with van der Waals surface area (Å²) in [7, 11) is -1.50. The molecule has 0 bridgehead atoms. The van der Waals surface area contributed by atoms with Crippen LogP contribution in [0, 0.1) is 5.82 Å². The number of halogens is 1. The van der Waals surface area contributed by atoms with E-state index in [1.807, 2.05) is 0 Å². The zero-order chi connectivity index (χ0) is 24.7. The third kappa shape index (κ3) is 5.62. The van der Waals surface area contributed by atoms with Crippen molar-refractivity contribution < 1.29 is 32.2 Å². The number of rotatable bonds is 9. The summed E-state index contributed by atoms with van der Waals surface area (Å²) in [6, 6.07) is 15.0. The van der Waals surface area contributed by atoms with Crippen LogP contribution in [0.3, 0.4) is 0 Å². The normalized spacial score (nSPS) is 11.3. The number of hydrazone groups is 1. The first-order valence-electron chi connectivity index (χ1n) is 9.86. The third-order valence-electron chi connectivity index (χ3n) is 4.67. The van der Waals surface area contributed by atoms with Crippen molar-refractivity contribution in [1.82, 2.24) is 5.43 Å². The number of benzene rings is 3. The fourth-order valence-corrected chi connectivity index (χ4v) is 4.40. The van der Waals surface area contributed by atoms with Crippen LogP contribution in [0.25, 0.3) is 0 Å². The number of methoxy groups -OCH3 is 2. The van der Waals surface area contributed by atoms with Crippen LogP contribution in [0.4, 0.5) is 10.1 Å². The number of phenolic OH excluding ortho intramolecular Hbond substituents is 1. The molecule has 0 aromatic heterocycles. The van der Waals surface area contributed by atoms with Crippen molar-refractivity contribution in [2.24, 2.45) is 5.10 Å². The van der Waals surface area contributed by atoms with Crippen LogP contribution in [0.2, 0.25) is 0 Å². The summed E-state index contributed by atoms with van der Waals surface area (Å²) in [6.45, 7) is -0.652. The number of amides is 1. The fraction of sp³-hybridized carbons (Fsp3) is 0.130. The Balaban J connectivity index is 1.90. The van der Waals surface area contributed by atoms with Gasteiger partial charge in [-0.25, -0.2) is 18.2 Å². The van der Waals surface area contributed by atoms with E-state index in [0.717, 1.165) is 16.4 Å². The predicted molar refractivity (Wildman–Crippen MR) is 124 cm³/mol. The number of phenols is 1. The number of carbonyl (C=O) groups excluding carboxylic acids is 1. The molecule has 0 fully saturated rings. The molecule has 3 aromatic rings. The van der Waals surface area contributed by atoms with Crippen LogP contribution >= 0.6 is 0 Å². The van der Waals surface area contributed by atoms with Crippen molar-refractivity contribution in [2.45, 2.75) is 4.90 Å². The molecule has 9 nitrogen and oxygen atoms in total. The molecule has 0 atom stereocenters. The van der Waals surface area contributed by atoms with Gasteiger partial charge in [-0.1, -0.05) is 12.1 Å². The van der Waals surface area contributed by atoms with E-state index in [9.17, 15) is 22.7 Å². The van der Waals surface area contributed by atoms with Gasteiger partial charge in [-0.2, -0.15) is 5.10 Å². The summed E-state index contributed by atoms with van der Waals surface area (Å²) in [4.78, 5) is 12.4. The molecule has 1 amide bonds. The fourth-order valence-electron chi connectivity index (χ4n) is 2.96. The molecule has 0 heterocycles. The van der Waals surface area contributed by atoms with Gasteiger partial charge in [0.05, 0.1) is 31.0 Å². The lowest BCUT2D eigenvalue weighted by Crippen LogP contribution is -2.39. The van der Waals surface area contributed by atoms with E-state index in [2.05, 4.69) is 10.5 Å². The lowest BCUT2D eigenvalue weighted by atomic mass is 10.2. The van der Waals surface area contributed by atoms with Gasteiger partial charge in [-0.05, 0) is 48.5 Å². The van der Waals surface area contributed by atoms with Crippen molar-refractivity contribution in [1.29, 1.82) is 0 Å². The first kappa shape index (κ1) is 24.5. The Labute approximate surface area is 196 Å². The number of para-hydroxylation sites is 1. The maximum Gasteiger partial charge on any atom is 0.264 e. The number of hydrogen-bond acceptors (Lipinski definition) is 7. The second kappa shape index (κ2) is 10.7. The number of anilines is 1. The minimum absolute atomic E-state index is 0.0375. The van der Waals surface area contributed by atoms with Gasteiger partial charge in [0.25, 0.3) is 15.9 Å². The van der Waals surface area contributed by atoms with Crippen LogP contribution in [-0.2, 0) is 14.8 Å². The first-order valence-corrected chi connectivity index (χ1v) is 11.3. The molecular weight excluding hydrogens is 465 g/mol. The zero-order valence-corrected chi connectivity index (χ0v) is 19.1. The second-order valence-corrected chi connectivity index (χ2v) is 8.72. The van der Waals surface area contributed by atoms with Crippen molar-refractivity contribution in [3.63, 3.8) is 0 Å². The van der Waals surface area contributed by atoms with Gasteiger partial charge in [-0.15, -0.1) is 0 Å². The van der Waals surface area contributed by atoms with Crippen molar-refractivity contribution >= 4 is 27.8 Å². The Morgan fingerprint density at radius 1 is 1.06 bits per heavy atom. The summed E-state index contributed by atoms with van der Waals surface area (Å²) in [6.07, 6.45) is 1.22. The van der Waals surface area contributed by atoms with E-state index in [-0.39, 0.29) is 22.1 Å². The molecule has 0 saturated carbocycles. The molecular formula is C23H22FN3O6S. The number of nitrogens with zero attached hydrogens (tertiary/aromatic N) is 2. The van der Waals surface area contributed by atoms with Crippen LogP contribution in [-0.4, -0.2) is 46.4 Å². The monoisotopic (exact) mass is 487 g/mol. The highest BCUT2D eigenvalue weighted by atomic mass is 32.2. The molecule has 0 aliphatic rings. The Morgan fingerprint density at radius 2 is 1.74 bits per heavy atom. The van der Waals surface area contributed by atoms with Crippen molar-refractivity contribution in [3.05, 3.63) is 78.1 Å². The molecule has 0 aliphatic carbocycles. The summed E-state index contributed by atoms with van der Waals surface area (Å²) >= 11 is 0. The Bertz CT molecular complexity index is 1300. The number of nitrogens with one attached hydrogen (secondary N) is 1. The van der Waals surface area contributed by atoms with Gasteiger partial charge in [-0.3, -0.25) is 9.10 Å². The lowest BCUT2D eigenvalue weighted by Gasteiger charge is -2.24. The highest BCUT2D eigenvalue weighted by Crippen LogP contribution is 2.32. The predicted octanol–water partition coefficient (Wildman–Crippen LogP) is 2.89. The van der Waals surface area contributed by atoms with Gasteiger partial charge in [0, 0.05) is 11.6 Å². The molecule has 0 aliphatic heterocycles. The average Bonchev–Trinajstić information content (AvgIpc) is 2.83. The van der Waals surface area contributed by atoms with Crippen molar-refractivity contribution in [3.8, 4) is 17.2 Å². The molecule has 0 saturated heterocycles. The number of hydrogen-bond donors (Lipinski definition) is 2. The van der Waals surface area contributed by atoms with E-state index in [1.54, 1.807) is 18.2 Å². The molecule has 3 aromatic carbocycles. The first-order chi connectivity index (χ1) is 16.3. The smallest absolute Gasteiger partial charge is 0.264 e. The zero-order valence-electron chi connectivity index (χ0n) is 18.3. The summed E-state index contributed by atoms with van der Waals surface area (Å²) < 4.78 is 51.5. The molecule has 11 heteroatoms. The van der Waals surface area contributed by atoms with E-state index < -0.39 is 28.3 Å². The van der Waals surface area contributed by atoms with Gasteiger partial charge < -0.3 is 14.6 Å². The summed E-state index contributed by atoms with van der Waals surface area (Å²) in [5, 5.41) is 13.5. The minimum Gasteiger partial charge on any atom is -0.507 e. The molecule has 2 N–H and O–H groups in total. The molecule has 3 rings (SSSR count). The Morgan fingerprint density at radius 3 is 2.38 bits per heavy atom. The molecule has 0 radical (unpaired) electrons. The minimum atomic E-state index is -4.28. The quantitative estimate of drug-likeness (QED) is 0.354. The SMILES string of the molecule is COc1ccc(S(=O)(=O)N(CC(=O)N/N=C\c2ccccc2O)c2ccc(F)cc2)cc1OC. The third-order valence-corrected chi connectivity index (χ3v) is 6.44. The Hall–Kier alpha value is -4.12. The van der Waals surface area contributed by atoms with E-state index in [4.69, 9.17) is 9.47 Å². The van der Waals surface area contributed by atoms with E-state index in [1.165, 1.54) is 56.8 Å². The van der Waals surface area contributed by atoms with Gasteiger partial charge in [0.15, 0.2) is 11.5 Å². The molecule has 34 heavy (non-hydrogen) atoms. The summed E-state index contributed by atoms with van der Waals surface area (Å²) in [5.74, 6) is -0.862. The largest absolute Gasteiger partial charge is 0.507 e. The standard InChI is InChI=1S/C23H22FN3O6S/c1-32-21-12-11-19(13-22(21)33-2)34(30,31)27(18-9-7-17(24)8-10-18)15-23(29)26-25-14-16-5-3-4-6-20(16)28/h3-14,28H,15H2,1-2H3,(H,26,29)/b25-14-. The van der Waals surface area contributed by atoms with Gasteiger partial charge >= 0.3 is 0 Å². The number of ether oxygens (including phenoxy) is 2. The number of sulfonamides is 1. The van der Waals surface area contributed by atoms with Gasteiger partial charge in [0.2, 0.25) is 0 Å². The Kier molecular flexibility index (Phi) is 7.69. The van der Waals surface area contributed by atoms with Crippen LogP contribution in [0.15, 0.2) is 76.7 Å². The van der Waals surface area contributed by atoms with Crippen LogP contribution < -0.4 is 19.2 Å². The lowest BCUT2D eigenvalue weighted by molar-refractivity contribution is -0.119.